The number of fused-ring (bicyclic) bond motifs is 1. The second kappa shape index (κ2) is 7.28. The molecule has 0 spiro atoms. The topological polar surface area (TPSA) is 75.6 Å². The SMILES string of the molecule is Nc1cccnc1N1CCN(CCSc2nnc3ccccn23)CC1. The van der Waals surface area contributed by atoms with Crippen LogP contribution in [0.25, 0.3) is 5.65 Å². The van der Waals surface area contributed by atoms with Gasteiger partial charge in [0.1, 0.15) is 0 Å². The Morgan fingerprint density at radius 3 is 2.76 bits per heavy atom. The van der Waals surface area contributed by atoms with Gasteiger partial charge in [0.25, 0.3) is 0 Å². The van der Waals surface area contributed by atoms with Crippen molar-refractivity contribution in [3.8, 4) is 0 Å². The lowest BCUT2D eigenvalue weighted by atomic mass is 10.3. The van der Waals surface area contributed by atoms with Crippen molar-refractivity contribution in [2.24, 2.45) is 0 Å². The molecule has 7 nitrogen and oxygen atoms in total. The maximum Gasteiger partial charge on any atom is 0.195 e. The number of hydrogen-bond donors (Lipinski definition) is 1. The molecule has 8 heteroatoms. The molecule has 4 rings (SSSR count). The highest BCUT2D eigenvalue weighted by atomic mass is 32.2. The highest BCUT2D eigenvalue weighted by Crippen LogP contribution is 2.21. The second-order valence-corrected chi connectivity index (χ2v) is 7.07. The second-order valence-electron chi connectivity index (χ2n) is 6.00. The van der Waals surface area contributed by atoms with Gasteiger partial charge in [-0.3, -0.25) is 9.30 Å². The van der Waals surface area contributed by atoms with Crippen LogP contribution in [0.2, 0.25) is 0 Å². The van der Waals surface area contributed by atoms with Crippen molar-refractivity contribution >= 4 is 28.9 Å². The summed E-state index contributed by atoms with van der Waals surface area (Å²) in [6, 6.07) is 9.74. The lowest BCUT2D eigenvalue weighted by molar-refractivity contribution is 0.273. The average Bonchev–Trinajstić information content (AvgIpc) is 3.06. The summed E-state index contributed by atoms with van der Waals surface area (Å²) in [5, 5.41) is 9.41. The van der Waals surface area contributed by atoms with Gasteiger partial charge in [0.2, 0.25) is 0 Å². The first-order valence-corrected chi connectivity index (χ1v) is 9.40. The Bertz CT molecular complexity index is 842. The fourth-order valence-electron chi connectivity index (χ4n) is 3.04. The van der Waals surface area contributed by atoms with Gasteiger partial charge < -0.3 is 10.6 Å². The molecule has 1 fully saturated rings. The molecule has 0 unspecified atom stereocenters. The lowest BCUT2D eigenvalue weighted by Gasteiger charge is -2.35. The summed E-state index contributed by atoms with van der Waals surface area (Å²) in [4.78, 5) is 9.16. The molecule has 0 atom stereocenters. The number of hydrogen-bond acceptors (Lipinski definition) is 7. The zero-order chi connectivity index (χ0) is 17.1. The van der Waals surface area contributed by atoms with Gasteiger partial charge in [0.15, 0.2) is 16.6 Å². The van der Waals surface area contributed by atoms with Gasteiger partial charge in [-0.05, 0) is 24.3 Å². The summed E-state index contributed by atoms with van der Waals surface area (Å²) in [5.41, 5.74) is 7.68. The number of piperazine rings is 1. The smallest absolute Gasteiger partial charge is 0.195 e. The molecule has 130 valence electrons. The Kier molecular flexibility index (Phi) is 4.71. The van der Waals surface area contributed by atoms with E-state index >= 15 is 0 Å². The number of aromatic nitrogens is 4. The van der Waals surface area contributed by atoms with E-state index in [-0.39, 0.29) is 0 Å². The van der Waals surface area contributed by atoms with Crippen molar-refractivity contribution in [1.82, 2.24) is 24.5 Å². The number of nitrogens with two attached hydrogens (primary N) is 1. The van der Waals surface area contributed by atoms with E-state index in [2.05, 4.69) is 25.0 Å². The molecule has 1 aliphatic rings. The van der Waals surface area contributed by atoms with Gasteiger partial charge in [-0.25, -0.2) is 4.98 Å². The quantitative estimate of drug-likeness (QED) is 0.697. The highest BCUT2D eigenvalue weighted by molar-refractivity contribution is 7.99. The third kappa shape index (κ3) is 3.54. The molecule has 4 heterocycles. The zero-order valence-corrected chi connectivity index (χ0v) is 14.8. The predicted octanol–water partition coefficient (Wildman–Crippen LogP) is 1.62. The molecule has 0 bridgehead atoms. The largest absolute Gasteiger partial charge is 0.396 e. The van der Waals surface area contributed by atoms with Gasteiger partial charge >= 0.3 is 0 Å². The van der Waals surface area contributed by atoms with E-state index in [1.54, 1.807) is 18.0 Å². The van der Waals surface area contributed by atoms with Crippen molar-refractivity contribution in [2.75, 3.05) is 49.1 Å². The van der Waals surface area contributed by atoms with E-state index in [4.69, 9.17) is 5.73 Å². The molecule has 0 aliphatic carbocycles. The fraction of sp³-hybridized carbons (Fsp3) is 0.353. The van der Waals surface area contributed by atoms with E-state index in [9.17, 15) is 0 Å². The Morgan fingerprint density at radius 1 is 1.04 bits per heavy atom. The summed E-state index contributed by atoms with van der Waals surface area (Å²) >= 11 is 1.75. The third-order valence-corrected chi connectivity index (χ3v) is 5.33. The van der Waals surface area contributed by atoms with Crippen LogP contribution < -0.4 is 10.6 Å². The molecule has 2 N–H and O–H groups in total. The number of rotatable bonds is 5. The molecule has 0 saturated carbocycles. The maximum atomic E-state index is 6.03. The maximum absolute atomic E-state index is 6.03. The van der Waals surface area contributed by atoms with Crippen LogP contribution in [0.3, 0.4) is 0 Å². The third-order valence-electron chi connectivity index (χ3n) is 4.41. The minimum Gasteiger partial charge on any atom is -0.396 e. The van der Waals surface area contributed by atoms with Crippen LogP contribution >= 0.6 is 11.8 Å². The van der Waals surface area contributed by atoms with E-state index in [1.165, 1.54) is 0 Å². The molecule has 1 saturated heterocycles. The molecule has 25 heavy (non-hydrogen) atoms. The number of pyridine rings is 2. The molecular formula is C17H21N7S. The van der Waals surface area contributed by atoms with E-state index in [0.717, 1.165) is 60.8 Å². The monoisotopic (exact) mass is 355 g/mol. The normalized spacial score (nSPS) is 15.8. The van der Waals surface area contributed by atoms with Gasteiger partial charge in [-0.1, -0.05) is 17.8 Å². The zero-order valence-electron chi connectivity index (χ0n) is 14.0. The Morgan fingerprint density at radius 2 is 1.92 bits per heavy atom. The van der Waals surface area contributed by atoms with Crippen molar-refractivity contribution in [1.29, 1.82) is 0 Å². The van der Waals surface area contributed by atoms with E-state index in [1.807, 2.05) is 40.9 Å². The van der Waals surface area contributed by atoms with Gasteiger partial charge in [0, 0.05) is 50.9 Å². The minimum absolute atomic E-state index is 0.755. The highest BCUT2D eigenvalue weighted by Gasteiger charge is 2.19. The first kappa shape index (κ1) is 16.2. The van der Waals surface area contributed by atoms with Gasteiger partial charge in [-0.15, -0.1) is 10.2 Å². The molecule has 0 aromatic carbocycles. The first-order chi connectivity index (χ1) is 12.3. The summed E-state index contributed by atoms with van der Waals surface area (Å²) in [5.74, 6) is 1.91. The van der Waals surface area contributed by atoms with Crippen LogP contribution in [0, 0.1) is 0 Å². The Labute approximate surface area is 150 Å². The van der Waals surface area contributed by atoms with Crippen LogP contribution in [-0.2, 0) is 0 Å². The standard InChI is InChI=1S/C17H21N7S/c18-14-4-3-6-19-16(14)23-10-8-22(9-11-23)12-13-25-17-21-20-15-5-1-2-7-24(15)17/h1-7H,8-13,18H2. The summed E-state index contributed by atoms with van der Waals surface area (Å²) in [6.07, 6.45) is 3.81. The van der Waals surface area contributed by atoms with Crippen molar-refractivity contribution in [2.45, 2.75) is 5.16 Å². The first-order valence-electron chi connectivity index (χ1n) is 8.41. The number of anilines is 2. The van der Waals surface area contributed by atoms with Gasteiger partial charge in [-0.2, -0.15) is 0 Å². The van der Waals surface area contributed by atoms with E-state index in [0.29, 0.717) is 0 Å². The van der Waals surface area contributed by atoms with E-state index < -0.39 is 0 Å². The predicted molar refractivity (Wildman–Crippen MR) is 101 cm³/mol. The van der Waals surface area contributed by atoms with Gasteiger partial charge in [0.05, 0.1) is 5.69 Å². The Balaban J connectivity index is 1.27. The lowest BCUT2D eigenvalue weighted by Crippen LogP contribution is -2.47. The molecule has 0 radical (unpaired) electrons. The molecule has 3 aromatic rings. The average molecular weight is 355 g/mol. The fourth-order valence-corrected chi connectivity index (χ4v) is 3.96. The minimum atomic E-state index is 0.755. The molecular weight excluding hydrogens is 334 g/mol. The summed E-state index contributed by atoms with van der Waals surface area (Å²) in [6.45, 7) is 5.01. The number of nitrogen functional groups attached to an aromatic ring is 1. The van der Waals surface area contributed by atoms with Crippen molar-refractivity contribution in [3.63, 3.8) is 0 Å². The summed E-state index contributed by atoms with van der Waals surface area (Å²) < 4.78 is 2.03. The van der Waals surface area contributed by atoms with Crippen molar-refractivity contribution < 1.29 is 0 Å². The summed E-state index contributed by atoms with van der Waals surface area (Å²) in [7, 11) is 0. The number of nitrogens with zero attached hydrogens (tertiary/aromatic N) is 6. The molecule has 3 aromatic heterocycles. The van der Waals surface area contributed by atoms with Crippen LogP contribution in [0.5, 0.6) is 0 Å². The van der Waals surface area contributed by atoms with Crippen LogP contribution in [-0.4, -0.2) is 63.0 Å². The van der Waals surface area contributed by atoms with Crippen molar-refractivity contribution in [3.05, 3.63) is 42.7 Å². The van der Waals surface area contributed by atoms with Crippen LogP contribution in [0.4, 0.5) is 11.5 Å². The molecule has 1 aliphatic heterocycles. The number of thioether (sulfide) groups is 1. The Hall–Kier alpha value is -2.32. The molecule has 0 amide bonds. The van der Waals surface area contributed by atoms with Crippen LogP contribution in [0.15, 0.2) is 47.9 Å². The van der Waals surface area contributed by atoms with Crippen LogP contribution in [0.1, 0.15) is 0 Å².